The molecule has 0 saturated carbocycles. The molecule has 21 heavy (non-hydrogen) atoms. The van der Waals surface area contributed by atoms with Gasteiger partial charge in [0.25, 0.3) is 0 Å². The molecule has 0 aliphatic carbocycles. The molecule has 1 aromatic rings. The molecule has 1 atom stereocenters. The van der Waals surface area contributed by atoms with Gasteiger partial charge in [0.2, 0.25) is 0 Å². The van der Waals surface area contributed by atoms with Crippen molar-refractivity contribution in [3.05, 3.63) is 22.4 Å². The highest BCUT2D eigenvalue weighted by Crippen LogP contribution is 2.26. The predicted octanol–water partition coefficient (Wildman–Crippen LogP) is 2.76. The second-order valence-corrected chi connectivity index (χ2v) is 7.49. The van der Waals surface area contributed by atoms with Crippen LogP contribution in [0, 0.1) is 0 Å². The van der Waals surface area contributed by atoms with Crippen molar-refractivity contribution in [2.24, 2.45) is 4.99 Å². The lowest BCUT2D eigenvalue weighted by molar-refractivity contribution is 0.0243. The van der Waals surface area contributed by atoms with Crippen LogP contribution in [0.25, 0.3) is 0 Å². The highest BCUT2D eigenvalue weighted by molar-refractivity contribution is 7.10. The molecule has 1 fully saturated rings. The smallest absolute Gasteiger partial charge is 0.191 e. The number of nitrogens with one attached hydrogen (secondary N) is 2. The maximum absolute atomic E-state index is 5.80. The van der Waals surface area contributed by atoms with Crippen molar-refractivity contribution in [2.45, 2.75) is 44.6 Å². The van der Waals surface area contributed by atoms with E-state index in [0.717, 1.165) is 38.5 Å². The zero-order valence-corrected chi connectivity index (χ0v) is 14.3. The summed E-state index contributed by atoms with van der Waals surface area (Å²) in [5, 5.41) is 8.94. The van der Waals surface area contributed by atoms with E-state index in [1.807, 2.05) is 7.05 Å². The van der Waals surface area contributed by atoms with Crippen molar-refractivity contribution >= 4 is 17.3 Å². The fourth-order valence-electron chi connectivity index (χ4n) is 2.52. The predicted molar refractivity (Wildman–Crippen MR) is 90.3 cm³/mol. The SMILES string of the molecule is CN=C(NCC1(C)CCCO1)NCC(C)(C)c1cccs1. The van der Waals surface area contributed by atoms with Gasteiger partial charge in [0.05, 0.1) is 5.60 Å². The van der Waals surface area contributed by atoms with Gasteiger partial charge in [0.15, 0.2) is 5.96 Å². The molecule has 5 heteroatoms. The number of guanidine groups is 1. The first-order chi connectivity index (χ1) is 9.95. The molecule has 0 spiro atoms. The van der Waals surface area contributed by atoms with Crippen LogP contribution in [-0.4, -0.2) is 38.3 Å². The molecular weight excluding hydrogens is 282 g/mol. The highest BCUT2D eigenvalue weighted by atomic mass is 32.1. The van der Waals surface area contributed by atoms with Gasteiger partial charge in [0.1, 0.15) is 0 Å². The Kier molecular flexibility index (Phi) is 5.27. The van der Waals surface area contributed by atoms with Crippen LogP contribution in [-0.2, 0) is 10.2 Å². The van der Waals surface area contributed by atoms with Crippen LogP contribution in [0.3, 0.4) is 0 Å². The molecule has 0 aromatic carbocycles. The first-order valence-electron chi connectivity index (χ1n) is 7.58. The summed E-state index contributed by atoms with van der Waals surface area (Å²) in [7, 11) is 1.81. The van der Waals surface area contributed by atoms with Gasteiger partial charge in [-0.1, -0.05) is 19.9 Å². The summed E-state index contributed by atoms with van der Waals surface area (Å²) in [5.41, 5.74) is 0.0421. The number of hydrogen-bond acceptors (Lipinski definition) is 3. The van der Waals surface area contributed by atoms with Crippen LogP contribution in [0.15, 0.2) is 22.5 Å². The lowest BCUT2D eigenvalue weighted by Gasteiger charge is -2.27. The molecule has 1 unspecified atom stereocenters. The zero-order chi connectivity index (χ0) is 15.3. The second-order valence-electron chi connectivity index (χ2n) is 6.54. The Morgan fingerprint density at radius 1 is 1.48 bits per heavy atom. The third kappa shape index (κ3) is 4.45. The number of hydrogen-bond donors (Lipinski definition) is 2. The molecule has 1 aliphatic rings. The summed E-state index contributed by atoms with van der Waals surface area (Å²) in [4.78, 5) is 5.69. The van der Waals surface area contributed by atoms with Crippen LogP contribution in [0.5, 0.6) is 0 Å². The third-order valence-corrected chi connectivity index (χ3v) is 5.28. The van der Waals surface area contributed by atoms with E-state index in [9.17, 15) is 0 Å². The number of nitrogens with zero attached hydrogens (tertiary/aromatic N) is 1. The average Bonchev–Trinajstić information content (AvgIpc) is 3.11. The first kappa shape index (κ1) is 16.3. The quantitative estimate of drug-likeness (QED) is 0.649. The van der Waals surface area contributed by atoms with Crippen molar-refractivity contribution in [3.63, 3.8) is 0 Å². The van der Waals surface area contributed by atoms with E-state index in [1.165, 1.54) is 4.88 Å². The van der Waals surface area contributed by atoms with E-state index in [1.54, 1.807) is 11.3 Å². The Bertz CT molecular complexity index is 462. The summed E-state index contributed by atoms with van der Waals surface area (Å²) in [6, 6.07) is 4.29. The minimum Gasteiger partial charge on any atom is -0.373 e. The van der Waals surface area contributed by atoms with Crippen LogP contribution in [0.2, 0.25) is 0 Å². The summed E-state index contributed by atoms with van der Waals surface area (Å²) >= 11 is 1.80. The van der Waals surface area contributed by atoms with E-state index in [4.69, 9.17) is 4.74 Å². The number of aliphatic imine (C=N–C) groups is 1. The van der Waals surface area contributed by atoms with Crippen LogP contribution < -0.4 is 10.6 Å². The lowest BCUT2D eigenvalue weighted by Crippen LogP contribution is -2.48. The van der Waals surface area contributed by atoms with Gasteiger partial charge in [0, 0.05) is 37.0 Å². The number of rotatable bonds is 5. The Balaban J connectivity index is 1.83. The minimum absolute atomic E-state index is 0.0547. The summed E-state index contributed by atoms with van der Waals surface area (Å²) in [5.74, 6) is 0.844. The van der Waals surface area contributed by atoms with E-state index in [-0.39, 0.29) is 11.0 Å². The fraction of sp³-hybridized carbons (Fsp3) is 0.688. The zero-order valence-electron chi connectivity index (χ0n) is 13.5. The topological polar surface area (TPSA) is 45.7 Å². The molecule has 2 N–H and O–H groups in total. The highest BCUT2D eigenvalue weighted by Gasteiger charge is 2.30. The molecule has 2 rings (SSSR count). The average molecular weight is 309 g/mol. The van der Waals surface area contributed by atoms with Crippen molar-refractivity contribution in [1.82, 2.24) is 10.6 Å². The van der Waals surface area contributed by atoms with E-state index >= 15 is 0 Å². The van der Waals surface area contributed by atoms with Crippen molar-refractivity contribution in [2.75, 3.05) is 26.7 Å². The summed E-state index contributed by atoms with van der Waals surface area (Å²) < 4.78 is 5.80. The Morgan fingerprint density at radius 2 is 2.29 bits per heavy atom. The van der Waals surface area contributed by atoms with Crippen LogP contribution >= 0.6 is 11.3 Å². The van der Waals surface area contributed by atoms with Gasteiger partial charge in [-0.25, -0.2) is 0 Å². The first-order valence-corrected chi connectivity index (χ1v) is 8.46. The largest absolute Gasteiger partial charge is 0.373 e. The summed E-state index contributed by atoms with van der Waals surface area (Å²) in [6.45, 7) is 9.18. The molecule has 1 aromatic heterocycles. The monoisotopic (exact) mass is 309 g/mol. The van der Waals surface area contributed by atoms with Gasteiger partial charge in [-0.2, -0.15) is 0 Å². The van der Waals surface area contributed by atoms with E-state index in [0.29, 0.717) is 0 Å². The standard InChI is InChI=1S/C16H27N3OS/c1-15(2,13-7-5-10-21-13)11-18-14(17-4)19-12-16(3)8-6-9-20-16/h5,7,10H,6,8-9,11-12H2,1-4H3,(H2,17,18,19). The number of ether oxygens (including phenoxy) is 1. The summed E-state index contributed by atoms with van der Waals surface area (Å²) in [6.07, 6.45) is 2.26. The van der Waals surface area contributed by atoms with Crippen molar-refractivity contribution < 1.29 is 4.74 Å². The van der Waals surface area contributed by atoms with Crippen LogP contribution in [0.4, 0.5) is 0 Å². The molecule has 118 valence electrons. The second kappa shape index (κ2) is 6.79. The van der Waals surface area contributed by atoms with Gasteiger partial charge in [-0.3, -0.25) is 4.99 Å². The molecule has 1 saturated heterocycles. The molecule has 1 aliphatic heterocycles. The maximum atomic E-state index is 5.80. The Labute approximate surface area is 132 Å². The Morgan fingerprint density at radius 3 is 2.86 bits per heavy atom. The molecule has 0 amide bonds. The van der Waals surface area contributed by atoms with E-state index < -0.39 is 0 Å². The maximum Gasteiger partial charge on any atom is 0.191 e. The van der Waals surface area contributed by atoms with Gasteiger partial charge < -0.3 is 15.4 Å². The normalized spacial score (nSPS) is 23.3. The lowest BCUT2D eigenvalue weighted by atomic mass is 9.91. The van der Waals surface area contributed by atoms with Crippen molar-refractivity contribution in [3.8, 4) is 0 Å². The Hall–Kier alpha value is -1.07. The molecule has 0 bridgehead atoms. The fourth-order valence-corrected chi connectivity index (χ4v) is 3.38. The molecular formula is C16H27N3OS. The van der Waals surface area contributed by atoms with Gasteiger partial charge in [-0.05, 0) is 31.2 Å². The minimum atomic E-state index is -0.0547. The molecule has 4 nitrogen and oxygen atoms in total. The molecule has 0 radical (unpaired) electrons. The van der Waals surface area contributed by atoms with Gasteiger partial charge in [-0.15, -0.1) is 11.3 Å². The van der Waals surface area contributed by atoms with E-state index in [2.05, 4.69) is 53.9 Å². The molecule has 2 heterocycles. The van der Waals surface area contributed by atoms with Crippen molar-refractivity contribution in [1.29, 1.82) is 0 Å². The van der Waals surface area contributed by atoms with Crippen LogP contribution in [0.1, 0.15) is 38.5 Å². The number of thiophene rings is 1. The third-order valence-electron chi connectivity index (χ3n) is 4.04. The van der Waals surface area contributed by atoms with Gasteiger partial charge >= 0.3 is 0 Å².